The maximum atomic E-state index is 12.0. The monoisotopic (exact) mass is 337 g/mol. The number of halogens is 1. The van der Waals surface area contributed by atoms with Gasteiger partial charge in [0.15, 0.2) is 0 Å². The van der Waals surface area contributed by atoms with Gasteiger partial charge in [-0.25, -0.2) is 0 Å². The maximum absolute atomic E-state index is 12.0. The van der Waals surface area contributed by atoms with Crippen LogP contribution in [0.25, 0.3) is 0 Å². The van der Waals surface area contributed by atoms with Gasteiger partial charge in [0.25, 0.3) is 0 Å². The van der Waals surface area contributed by atoms with Crippen molar-refractivity contribution >= 4 is 17.5 Å². The molecule has 0 unspecified atom stereocenters. The lowest BCUT2D eigenvalue weighted by molar-refractivity contribution is -0.121. The highest BCUT2D eigenvalue weighted by Crippen LogP contribution is 2.11. The Morgan fingerprint density at radius 3 is 2.52 bits per heavy atom. The molecule has 1 aliphatic rings. The standard InChI is InChI=1S/C18H28ClN3O/c1-15(14-22-11-9-21(2)10-12-22)13-20-18(23)8-5-16-3-6-17(19)7-4-16/h3-4,6-7,15H,5,8-14H2,1-2H3,(H,20,23)/t15-/m0/s1. The van der Waals surface area contributed by atoms with Crippen LogP contribution in [0.2, 0.25) is 5.02 Å². The topological polar surface area (TPSA) is 35.6 Å². The van der Waals surface area contributed by atoms with Gasteiger partial charge in [-0.1, -0.05) is 30.7 Å². The molecule has 128 valence electrons. The number of aryl methyl sites for hydroxylation is 1. The van der Waals surface area contributed by atoms with Crippen LogP contribution in [0.15, 0.2) is 24.3 Å². The smallest absolute Gasteiger partial charge is 0.220 e. The lowest BCUT2D eigenvalue weighted by atomic mass is 10.1. The highest BCUT2D eigenvalue weighted by Gasteiger charge is 2.16. The highest BCUT2D eigenvalue weighted by molar-refractivity contribution is 6.30. The number of nitrogens with zero attached hydrogens (tertiary/aromatic N) is 2. The van der Waals surface area contributed by atoms with E-state index in [0.717, 1.165) is 56.3 Å². The second-order valence-electron chi connectivity index (χ2n) is 6.64. The number of benzene rings is 1. The highest BCUT2D eigenvalue weighted by atomic mass is 35.5. The number of carbonyl (C=O) groups is 1. The van der Waals surface area contributed by atoms with E-state index in [1.807, 2.05) is 24.3 Å². The van der Waals surface area contributed by atoms with Crippen molar-refractivity contribution in [3.05, 3.63) is 34.9 Å². The second-order valence-corrected chi connectivity index (χ2v) is 7.08. The Labute approximate surface area is 144 Å². The molecule has 23 heavy (non-hydrogen) atoms. The van der Waals surface area contributed by atoms with Crippen LogP contribution >= 0.6 is 11.6 Å². The Morgan fingerprint density at radius 1 is 1.22 bits per heavy atom. The van der Waals surface area contributed by atoms with E-state index >= 15 is 0 Å². The molecule has 1 aromatic carbocycles. The maximum Gasteiger partial charge on any atom is 0.220 e. The van der Waals surface area contributed by atoms with Crippen LogP contribution in [0.3, 0.4) is 0 Å². The van der Waals surface area contributed by atoms with Crippen molar-refractivity contribution in [3.63, 3.8) is 0 Å². The average molecular weight is 338 g/mol. The Morgan fingerprint density at radius 2 is 1.87 bits per heavy atom. The van der Waals surface area contributed by atoms with Crippen LogP contribution in [0, 0.1) is 5.92 Å². The Hall–Kier alpha value is -1.10. The van der Waals surface area contributed by atoms with Crippen molar-refractivity contribution in [1.29, 1.82) is 0 Å². The number of hydrogen-bond acceptors (Lipinski definition) is 3. The Bertz CT molecular complexity index is 484. The van der Waals surface area contributed by atoms with E-state index in [1.54, 1.807) is 0 Å². The quantitative estimate of drug-likeness (QED) is 0.829. The van der Waals surface area contributed by atoms with Crippen LogP contribution in [0.5, 0.6) is 0 Å². The number of carbonyl (C=O) groups excluding carboxylic acids is 1. The first-order chi connectivity index (χ1) is 11.0. The molecule has 0 aliphatic carbocycles. The number of likely N-dealkylation sites (N-methyl/N-ethyl adjacent to an activating group) is 1. The zero-order valence-corrected chi connectivity index (χ0v) is 15.0. The summed E-state index contributed by atoms with van der Waals surface area (Å²) in [6, 6.07) is 7.69. The van der Waals surface area contributed by atoms with Crippen molar-refractivity contribution in [2.45, 2.75) is 19.8 Å². The predicted molar refractivity (Wildman–Crippen MR) is 95.9 cm³/mol. The summed E-state index contributed by atoms with van der Waals surface area (Å²) in [6.45, 7) is 8.56. The molecule has 4 nitrogen and oxygen atoms in total. The van der Waals surface area contributed by atoms with E-state index in [2.05, 4.69) is 29.1 Å². The summed E-state index contributed by atoms with van der Waals surface area (Å²) in [5.74, 6) is 0.614. The summed E-state index contributed by atoms with van der Waals surface area (Å²) >= 11 is 5.86. The summed E-state index contributed by atoms with van der Waals surface area (Å²) < 4.78 is 0. The number of hydrogen-bond donors (Lipinski definition) is 1. The average Bonchev–Trinajstić information content (AvgIpc) is 2.54. The molecule has 2 rings (SSSR count). The molecule has 0 bridgehead atoms. The van der Waals surface area contributed by atoms with Gasteiger partial charge in [-0.2, -0.15) is 0 Å². The normalized spacial score (nSPS) is 17.9. The predicted octanol–water partition coefficient (Wildman–Crippen LogP) is 2.27. The zero-order chi connectivity index (χ0) is 16.7. The van der Waals surface area contributed by atoms with Crippen molar-refractivity contribution in [1.82, 2.24) is 15.1 Å². The van der Waals surface area contributed by atoms with E-state index in [0.29, 0.717) is 12.3 Å². The van der Waals surface area contributed by atoms with Gasteiger partial charge >= 0.3 is 0 Å². The lowest BCUT2D eigenvalue weighted by Gasteiger charge is -2.33. The molecular weight excluding hydrogens is 310 g/mol. The molecule has 1 heterocycles. The van der Waals surface area contributed by atoms with Crippen molar-refractivity contribution in [2.75, 3.05) is 46.3 Å². The summed E-state index contributed by atoms with van der Waals surface area (Å²) in [7, 11) is 2.17. The van der Waals surface area contributed by atoms with Crippen LogP contribution in [-0.4, -0.2) is 62.0 Å². The minimum Gasteiger partial charge on any atom is -0.356 e. The van der Waals surface area contributed by atoms with Crippen molar-refractivity contribution in [2.24, 2.45) is 5.92 Å². The summed E-state index contributed by atoms with van der Waals surface area (Å²) in [5.41, 5.74) is 1.15. The fourth-order valence-electron chi connectivity index (χ4n) is 2.82. The molecule has 1 amide bonds. The summed E-state index contributed by atoms with van der Waals surface area (Å²) in [5, 5.41) is 3.79. The van der Waals surface area contributed by atoms with Crippen molar-refractivity contribution < 1.29 is 4.79 Å². The van der Waals surface area contributed by atoms with Gasteiger partial charge in [0.05, 0.1) is 0 Å². The first kappa shape index (κ1) is 18.2. The largest absolute Gasteiger partial charge is 0.356 e. The van der Waals surface area contributed by atoms with Gasteiger partial charge < -0.3 is 15.1 Å². The van der Waals surface area contributed by atoms with Crippen LogP contribution < -0.4 is 5.32 Å². The van der Waals surface area contributed by atoms with Gasteiger partial charge in [0.2, 0.25) is 5.91 Å². The molecule has 1 aromatic rings. The molecule has 1 atom stereocenters. The van der Waals surface area contributed by atoms with Crippen LogP contribution in [0.4, 0.5) is 0 Å². The van der Waals surface area contributed by atoms with Gasteiger partial charge in [-0.05, 0) is 37.1 Å². The Kier molecular flexibility index (Phi) is 7.34. The minimum atomic E-state index is 0.130. The molecule has 0 radical (unpaired) electrons. The van der Waals surface area contributed by atoms with Crippen LogP contribution in [0.1, 0.15) is 18.9 Å². The van der Waals surface area contributed by atoms with E-state index in [1.165, 1.54) is 0 Å². The first-order valence-corrected chi connectivity index (χ1v) is 8.83. The number of amides is 1. The van der Waals surface area contributed by atoms with E-state index in [-0.39, 0.29) is 5.91 Å². The molecule has 1 fully saturated rings. The Balaban J connectivity index is 1.60. The second kappa shape index (κ2) is 9.26. The van der Waals surface area contributed by atoms with Gasteiger partial charge in [0, 0.05) is 50.7 Å². The number of piperazine rings is 1. The minimum absolute atomic E-state index is 0.130. The molecule has 0 spiro atoms. The number of rotatable bonds is 7. The van der Waals surface area contributed by atoms with E-state index in [4.69, 9.17) is 11.6 Å². The van der Waals surface area contributed by atoms with Gasteiger partial charge in [0.1, 0.15) is 0 Å². The van der Waals surface area contributed by atoms with Crippen molar-refractivity contribution in [3.8, 4) is 0 Å². The molecule has 1 saturated heterocycles. The molecule has 5 heteroatoms. The van der Waals surface area contributed by atoms with Gasteiger partial charge in [-0.3, -0.25) is 4.79 Å². The summed E-state index contributed by atoms with van der Waals surface area (Å²) in [4.78, 5) is 16.8. The fraction of sp³-hybridized carbons (Fsp3) is 0.611. The lowest BCUT2D eigenvalue weighted by Crippen LogP contribution is -2.46. The summed E-state index contributed by atoms with van der Waals surface area (Å²) in [6.07, 6.45) is 1.29. The molecule has 1 N–H and O–H groups in total. The molecule has 0 saturated carbocycles. The molecule has 0 aromatic heterocycles. The third-order valence-electron chi connectivity index (χ3n) is 4.37. The first-order valence-electron chi connectivity index (χ1n) is 8.45. The fourth-order valence-corrected chi connectivity index (χ4v) is 2.95. The van der Waals surface area contributed by atoms with Gasteiger partial charge in [-0.15, -0.1) is 0 Å². The third kappa shape index (κ3) is 6.90. The van der Waals surface area contributed by atoms with Crippen LogP contribution in [-0.2, 0) is 11.2 Å². The zero-order valence-electron chi connectivity index (χ0n) is 14.2. The van der Waals surface area contributed by atoms with E-state index in [9.17, 15) is 4.79 Å². The molecular formula is C18H28ClN3O. The van der Waals surface area contributed by atoms with E-state index < -0.39 is 0 Å². The molecule has 1 aliphatic heterocycles. The SMILES string of the molecule is C[C@@H](CNC(=O)CCc1ccc(Cl)cc1)CN1CCN(C)CC1. The number of nitrogens with one attached hydrogen (secondary N) is 1. The third-order valence-corrected chi connectivity index (χ3v) is 4.62.